The maximum Gasteiger partial charge on any atom is 0.411 e. The number of likely N-dealkylation sites (tertiary alicyclic amines) is 1. The van der Waals surface area contributed by atoms with Crippen LogP contribution < -0.4 is 0 Å². The van der Waals surface area contributed by atoms with E-state index in [1.807, 2.05) is 0 Å². The summed E-state index contributed by atoms with van der Waals surface area (Å²) >= 11 is 0. The van der Waals surface area contributed by atoms with Gasteiger partial charge >= 0.3 is 12.1 Å². The smallest absolute Gasteiger partial charge is 0.411 e. The fraction of sp³-hybridized carbons (Fsp3) is 0.875. The Bertz CT molecular complexity index is 362. The standard InChI is InChI=1S/C16H29NO4/c1-5-6-7-8-9-12-10-11-13(14(18)19)17(12)15(20)21-16(2,3)4/h12-13H,5-11H2,1-4H3,(H,18,19)/t12-,13-/m0/s1. The average Bonchev–Trinajstić information content (AvgIpc) is 2.76. The molecule has 1 aliphatic heterocycles. The van der Waals surface area contributed by atoms with Crippen LogP contribution in [-0.4, -0.2) is 39.8 Å². The molecule has 1 rings (SSSR count). The summed E-state index contributed by atoms with van der Waals surface area (Å²) in [7, 11) is 0. The monoisotopic (exact) mass is 299 g/mol. The largest absolute Gasteiger partial charge is 0.480 e. The Morgan fingerprint density at radius 3 is 2.38 bits per heavy atom. The zero-order valence-electron chi connectivity index (χ0n) is 13.7. The van der Waals surface area contributed by atoms with Crippen LogP contribution in [0.15, 0.2) is 0 Å². The molecule has 1 aliphatic rings. The van der Waals surface area contributed by atoms with Gasteiger partial charge in [0.15, 0.2) is 0 Å². The molecule has 2 atom stereocenters. The van der Waals surface area contributed by atoms with Crippen LogP contribution >= 0.6 is 0 Å². The van der Waals surface area contributed by atoms with Gasteiger partial charge < -0.3 is 9.84 Å². The van der Waals surface area contributed by atoms with Gasteiger partial charge in [0.25, 0.3) is 0 Å². The predicted molar refractivity (Wildman–Crippen MR) is 81.3 cm³/mol. The van der Waals surface area contributed by atoms with Crippen molar-refractivity contribution < 1.29 is 19.4 Å². The Hall–Kier alpha value is -1.26. The van der Waals surface area contributed by atoms with Crippen LogP contribution in [0, 0.1) is 0 Å². The number of ether oxygens (including phenoxy) is 1. The van der Waals surface area contributed by atoms with E-state index in [1.54, 1.807) is 20.8 Å². The molecular weight excluding hydrogens is 270 g/mol. The molecule has 0 aromatic carbocycles. The molecule has 1 heterocycles. The minimum atomic E-state index is -0.933. The number of carboxylic acids is 1. The first kappa shape index (κ1) is 17.8. The van der Waals surface area contributed by atoms with Crippen molar-refractivity contribution in [3.8, 4) is 0 Å². The SMILES string of the molecule is CCCCCC[C@H]1CC[C@@H](C(=O)O)N1C(=O)OC(C)(C)C. The molecule has 0 unspecified atom stereocenters. The molecule has 0 radical (unpaired) electrons. The van der Waals surface area contributed by atoms with Gasteiger partial charge in [-0.2, -0.15) is 0 Å². The minimum Gasteiger partial charge on any atom is -0.480 e. The quantitative estimate of drug-likeness (QED) is 0.757. The summed E-state index contributed by atoms with van der Waals surface area (Å²) in [5, 5.41) is 9.31. The third-order valence-corrected chi connectivity index (χ3v) is 3.78. The van der Waals surface area contributed by atoms with Crippen LogP contribution in [0.3, 0.4) is 0 Å². The highest BCUT2D eigenvalue weighted by Gasteiger charge is 2.42. The molecule has 1 N–H and O–H groups in total. The first-order valence-corrected chi connectivity index (χ1v) is 8.00. The lowest BCUT2D eigenvalue weighted by Gasteiger charge is -2.31. The Kier molecular flexibility index (Phi) is 6.49. The first-order valence-electron chi connectivity index (χ1n) is 8.00. The molecule has 0 bridgehead atoms. The number of amides is 1. The number of aliphatic carboxylic acids is 1. The van der Waals surface area contributed by atoms with Crippen LogP contribution in [-0.2, 0) is 9.53 Å². The Balaban J connectivity index is 2.69. The highest BCUT2D eigenvalue weighted by molar-refractivity contribution is 5.81. The first-order chi connectivity index (χ1) is 9.76. The van der Waals surface area contributed by atoms with Crippen LogP contribution in [0.1, 0.15) is 72.6 Å². The topological polar surface area (TPSA) is 66.8 Å². The Morgan fingerprint density at radius 1 is 1.19 bits per heavy atom. The van der Waals surface area contributed by atoms with Gasteiger partial charge in [0.05, 0.1) is 0 Å². The number of hydrogen-bond acceptors (Lipinski definition) is 3. The molecular formula is C16H29NO4. The van der Waals surface area contributed by atoms with Crippen LogP contribution in [0.25, 0.3) is 0 Å². The maximum atomic E-state index is 12.3. The van der Waals surface area contributed by atoms with Crippen LogP contribution in [0.5, 0.6) is 0 Å². The Morgan fingerprint density at radius 2 is 1.86 bits per heavy atom. The second kappa shape index (κ2) is 7.66. The normalized spacial score (nSPS) is 22.4. The lowest BCUT2D eigenvalue weighted by molar-refractivity contribution is -0.142. The van der Waals surface area contributed by atoms with Gasteiger partial charge in [-0.3, -0.25) is 4.90 Å². The summed E-state index contributed by atoms with van der Waals surface area (Å²) < 4.78 is 5.38. The molecule has 5 heteroatoms. The fourth-order valence-electron chi connectivity index (χ4n) is 2.81. The zero-order chi connectivity index (χ0) is 16.0. The molecule has 5 nitrogen and oxygen atoms in total. The molecule has 0 aromatic heterocycles. The van der Waals surface area contributed by atoms with Crippen LogP contribution in [0.4, 0.5) is 4.79 Å². The number of hydrogen-bond donors (Lipinski definition) is 1. The second-order valence-electron chi connectivity index (χ2n) is 6.82. The van der Waals surface area contributed by atoms with E-state index in [0.717, 1.165) is 32.1 Å². The van der Waals surface area contributed by atoms with Gasteiger partial charge in [0, 0.05) is 6.04 Å². The second-order valence-corrected chi connectivity index (χ2v) is 6.82. The van der Waals surface area contributed by atoms with E-state index in [-0.39, 0.29) is 6.04 Å². The van der Waals surface area contributed by atoms with Crippen molar-refractivity contribution in [3.63, 3.8) is 0 Å². The van der Waals surface area contributed by atoms with Crippen molar-refractivity contribution in [2.24, 2.45) is 0 Å². The minimum absolute atomic E-state index is 0.00203. The molecule has 1 amide bonds. The predicted octanol–water partition coefficient (Wildman–Crippen LogP) is 3.81. The molecule has 21 heavy (non-hydrogen) atoms. The third-order valence-electron chi connectivity index (χ3n) is 3.78. The zero-order valence-corrected chi connectivity index (χ0v) is 13.7. The van der Waals surface area contributed by atoms with E-state index in [9.17, 15) is 14.7 Å². The van der Waals surface area contributed by atoms with Crippen molar-refractivity contribution in [2.75, 3.05) is 0 Å². The number of carbonyl (C=O) groups is 2. The van der Waals surface area contributed by atoms with Crippen molar-refractivity contribution in [1.29, 1.82) is 0 Å². The summed E-state index contributed by atoms with van der Waals surface area (Å²) in [5.74, 6) is -0.933. The summed E-state index contributed by atoms with van der Waals surface area (Å²) in [6.45, 7) is 7.55. The van der Waals surface area contributed by atoms with Crippen LogP contribution in [0.2, 0.25) is 0 Å². The van der Waals surface area contributed by atoms with Crippen molar-refractivity contribution in [3.05, 3.63) is 0 Å². The van der Waals surface area contributed by atoms with Gasteiger partial charge in [-0.1, -0.05) is 32.6 Å². The lowest BCUT2D eigenvalue weighted by Crippen LogP contribution is -2.47. The van der Waals surface area contributed by atoms with Crippen molar-refractivity contribution >= 4 is 12.1 Å². The van der Waals surface area contributed by atoms with E-state index >= 15 is 0 Å². The van der Waals surface area contributed by atoms with E-state index in [0.29, 0.717) is 6.42 Å². The number of carboxylic acid groups (broad SMARTS) is 1. The molecule has 122 valence electrons. The molecule has 0 aromatic rings. The van der Waals surface area contributed by atoms with Crippen molar-refractivity contribution in [1.82, 2.24) is 4.90 Å². The van der Waals surface area contributed by atoms with E-state index < -0.39 is 23.7 Å². The third kappa shape index (κ3) is 5.56. The number of carbonyl (C=O) groups excluding carboxylic acids is 1. The van der Waals surface area contributed by atoms with Gasteiger partial charge in [0.2, 0.25) is 0 Å². The summed E-state index contributed by atoms with van der Waals surface area (Å²) in [5.41, 5.74) is -0.602. The summed E-state index contributed by atoms with van der Waals surface area (Å²) in [6.07, 6.45) is 6.16. The number of nitrogens with zero attached hydrogens (tertiary/aromatic N) is 1. The Labute approximate surface area is 127 Å². The fourth-order valence-corrected chi connectivity index (χ4v) is 2.81. The number of rotatable bonds is 6. The average molecular weight is 299 g/mol. The van der Waals surface area contributed by atoms with Gasteiger partial charge in [-0.25, -0.2) is 9.59 Å². The van der Waals surface area contributed by atoms with E-state index in [4.69, 9.17) is 4.74 Å². The molecule has 0 saturated carbocycles. The molecule has 0 spiro atoms. The van der Waals surface area contributed by atoms with Crippen molar-refractivity contribution in [2.45, 2.75) is 90.3 Å². The van der Waals surface area contributed by atoms with Gasteiger partial charge in [-0.15, -0.1) is 0 Å². The molecule has 0 aliphatic carbocycles. The lowest BCUT2D eigenvalue weighted by atomic mass is 10.1. The van der Waals surface area contributed by atoms with E-state index in [2.05, 4.69) is 6.92 Å². The van der Waals surface area contributed by atoms with Gasteiger partial charge in [0.1, 0.15) is 11.6 Å². The number of unbranched alkanes of at least 4 members (excludes halogenated alkanes) is 3. The maximum absolute atomic E-state index is 12.3. The van der Waals surface area contributed by atoms with E-state index in [1.165, 1.54) is 11.3 Å². The summed E-state index contributed by atoms with van der Waals surface area (Å²) in [6, 6.07) is -0.742. The molecule has 1 fully saturated rings. The summed E-state index contributed by atoms with van der Waals surface area (Å²) in [4.78, 5) is 25.1. The van der Waals surface area contributed by atoms with Gasteiger partial charge in [-0.05, 0) is 40.0 Å². The highest BCUT2D eigenvalue weighted by atomic mass is 16.6. The highest BCUT2D eigenvalue weighted by Crippen LogP contribution is 2.30. The molecule has 1 saturated heterocycles.